The van der Waals surface area contributed by atoms with Gasteiger partial charge in [0.15, 0.2) is 0 Å². The van der Waals surface area contributed by atoms with Crippen molar-refractivity contribution in [1.82, 2.24) is 0 Å². The largest absolute Gasteiger partial charge is 0.265 e. The molecular weight excluding hydrogens is 106 g/mol. The fourth-order valence-electron chi connectivity index (χ4n) is 0.387. The monoisotopic (exact) mass is 117 g/mol. The van der Waals surface area contributed by atoms with Crippen molar-refractivity contribution in [3.63, 3.8) is 0 Å². The smallest absolute Gasteiger partial charge is 0.208 e. The molecule has 3 nitrogen and oxygen atoms in total. The summed E-state index contributed by atoms with van der Waals surface area (Å²) < 4.78 is 0. The molecule has 0 unspecified atom stereocenters. The second kappa shape index (κ2) is 2.11. The van der Waals surface area contributed by atoms with Crippen LogP contribution < -0.4 is 0 Å². The van der Waals surface area contributed by atoms with E-state index in [1.54, 1.807) is 0 Å². The molecule has 0 rings (SSSR count). The molecule has 0 bridgehead atoms. The molecule has 0 aliphatic rings. The van der Waals surface area contributed by atoms with Crippen LogP contribution in [0, 0.1) is 15.5 Å². The van der Waals surface area contributed by atoms with Crippen LogP contribution in [-0.2, 0) is 0 Å². The zero-order chi connectivity index (χ0) is 6.78. The average Bonchev–Trinajstić information content (AvgIpc) is 1.21. The molecule has 0 N–H and O–H groups in total. The number of nitrogens with zero attached hydrogens (tertiary/aromatic N) is 1. The Morgan fingerprint density at radius 2 is 1.88 bits per heavy atom. The first-order valence-corrected chi connectivity index (χ1v) is 2.53. The van der Waals surface area contributed by atoms with Crippen LogP contribution in [0.4, 0.5) is 0 Å². The van der Waals surface area contributed by atoms with E-state index >= 15 is 0 Å². The Bertz CT molecular complexity index is 93.1. The number of rotatable bonds is 1. The van der Waals surface area contributed by atoms with E-state index in [0.29, 0.717) is 0 Å². The van der Waals surface area contributed by atoms with Gasteiger partial charge in [-0.25, -0.2) is 0 Å². The van der Waals surface area contributed by atoms with Crippen LogP contribution in [0.5, 0.6) is 0 Å². The van der Waals surface area contributed by atoms with Gasteiger partial charge in [0, 0.05) is 10.3 Å². The van der Waals surface area contributed by atoms with Gasteiger partial charge in [-0.15, -0.1) is 0 Å². The number of hydrogen-bond acceptors (Lipinski definition) is 2. The molecule has 0 saturated heterocycles. The summed E-state index contributed by atoms with van der Waals surface area (Å²) in [6.07, 6.45) is 0. The maximum absolute atomic E-state index is 9.82. The summed E-state index contributed by atoms with van der Waals surface area (Å²) in [6.45, 7) is 5.58. The van der Waals surface area contributed by atoms with Gasteiger partial charge in [-0.3, -0.25) is 10.1 Å². The summed E-state index contributed by atoms with van der Waals surface area (Å²) >= 11 is 0. The van der Waals surface area contributed by atoms with E-state index < -0.39 is 0 Å². The first kappa shape index (κ1) is 7.40. The van der Waals surface area contributed by atoms with Crippen LogP contribution in [-0.4, -0.2) is 11.5 Å². The van der Waals surface area contributed by atoms with Gasteiger partial charge >= 0.3 is 0 Å². The molecule has 0 spiro atoms. The molecule has 0 aromatic rings. The average molecular weight is 117 g/mol. The molecule has 48 valence electrons. The highest BCUT2D eigenvalue weighted by Crippen LogP contribution is 2.11. The van der Waals surface area contributed by atoms with E-state index in [2.05, 4.69) is 0 Å². The first-order valence-electron chi connectivity index (χ1n) is 2.53. The highest BCUT2D eigenvalue weighted by molar-refractivity contribution is 4.57. The summed E-state index contributed by atoms with van der Waals surface area (Å²) in [5.41, 5.74) is -0.177. The van der Waals surface area contributed by atoms with Gasteiger partial charge < -0.3 is 0 Å². The summed E-state index contributed by atoms with van der Waals surface area (Å²) in [6, 6.07) is 0. The molecule has 0 amide bonds. The van der Waals surface area contributed by atoms with E-state index in [4.69, 9.17) is 0 Å². The minimum absolute atomic E-state index is 0.0486. The quantitative estimate of drug-likeness (QED) is 0.384. The Morgan fingerprint density at radius 1 is 1.50 bits per heavy atom. The standard InChI is InChI=1S/C5H11NO2/c1-5(2,3)4-6(7)8/h4H2,1-3H3. The van der Waals surface area contributed by atoms with Crippen molar-refractivity contribution in [2.24, 2.45) is 5.41 Å². The summed E-state index contributed by atoms with van der Waals surface area (Å²) in [5, 5.41) is 9.82. The zero-order valence-electron chi connectivity index (χ0n) is 5.47. The topological polar surface area (TPSA) is 43.1 Å². The second-order valence-corrected chi connectivity index (χ2v) is 3.05. The van der Waals surface area contributed by atoms with E-state index in [1.807, 2.05) is 20.8 Å². The SMILES string of the molecule is CC(C)(C)C[N+](=O)[O-]. The molecule has 3 heteroatoms. The minimum Gasteiger partial charge on any atom is -0.265 e. The fraction of sp³-hybridized carbons (Fsp3) is 1.00. The van der Waals surface area contributed by atoms with Gasteiger partial charge in [-0.2, -0.15) is 0 Å². The van der Waals surface area contributed by atoms with Crippen LogP contribution >= 0.6 is 0 Å². The lowest BCUT2D eigenvalue weighted by molar-refractivity contribution is -0.494. The molecule has 0 radical (unpaired) electrons. The fourth-order valence-corrected chi connectivity index (χ4v) is 0.387. The predicted molar refractivity (Wildman–Crippen MR) is 31.3 cm³/mol. The molecule has 0 heterocycles. The van der Waals surface area contributed by atoms with Crippen molar-refractivity contribution in [2.75, 3.05) is 6.54 Å². The van der Waals surface area contributed by atoms with Crippen molar-refractivity contribution in [2.45, 2.75) is 20.8 Å². The third kappa shape index (κ3) is 5.40. The number of hydrogen-bond donors (Lipinski definition) is 0. The lowest BCUT2D eigenvalue weighted by atomic mass is 9.98. The van der Waals surface area contributed by atoms with Gasteiger partial charge in [0.2, 0.25) is 6.54 Å². The molecular formula is C5H11NO2. The van der Waals surface area contributed by atoms with Gasteiger partial charge in [-0.1, -0.05) is 20.8 Å². The normalized spacial score (nSPS) is 11.4. The van der Waals surface area contributed by atoms with Gasteiger partial charge in [-0.05, 0) is 0 Å². The molecule has 8 heavy (non-hydrogen) atoms. The van der Waals surface area contributed by atoms with Crippen LogP contribution in [0.3, 0.4) is 0 Å². The summed E-state index contributed by atoms with van der Waals surface area (Å²) in [5.74, 6) is 0. The Labute approximate surface area is 48.9 Å². The summed E-state index contributed by atoms with van der Waals surface area (Å²) in [4.78, 5) is 9.53. The number of nitro groups is 1. The van der Waals surface area contributed by atoms with Gasteiger partial charge in [0.05, 0.1) is 0 Å². The molecule has 0 aliphatic carbocycles. The van der Waals surface area contributed by atoms with Crippen molar-refractivity contribution in [1.29, 1.82) is 0 Å². The molecule has 0 aromatic heterocycles. The van der Waals surface area contributed by atoms with Crippen LogP contribution in [0.2, 0.25) is 0 Å². The predicted octanol–water partition coefficient (Wildman–Crippen LogP) is 1.31. The van der Waals surface area contributed by atoms with E-state index in [-0.39, 0.29) is 16.9 Å². The lowest BCUT2D eigenvalue weighted by Crippen LogP contribution is -2.18. The van der Waals surface area contributed by atoms with Crippen molar-refractivity contribution in [3.8, 4) is 0 Å². The molecule has 0 fully saturated rings. The van der Waals surface area contributed by atoms with Crippen LogP contribution in [0.25, 0.3) is 0 Å². The Hall–Kier alpha value is -0.600. The highest BCUT2D eigenvalue weighted by atomic mass is 16.6. The Balaban J connectivity index is 3.55. The Kier molecular flexibility index (Phi) is 1.95. The van der Waals surface area contributed by atoms with Gasteiger partial charge in [0.1, 0.15) is 0 Å². The highest BCUT2D eigenvalue weighted by Gasteiger charge is 2.16. The van der Waals surface area contributed by atoms with E-state index in [9.17, 15) is 10.1 Å². The zero-order valence-corrected chi connectivity index (χ0v) is 5.47. The van der Waals surface area contributed by atoms with E-state index in [1.165, 1.54) is 0 Å². The Morgan fingerprint density at radius 3 is 1.88 bits per heavy atom. The third-order valence-corrected chi connectivity index (χ3v) is 0.603. The lowest BCUT2D eigenvalue weighted by Gasteiger charge is -2.09. The molecule has 0 aromatic carbocycles. The van der Waals surface area contributed by atoms with E-state index in [0.717, 1.165) is 0 Å². The van der Waals surface area contributed by atoms with Gasteiger partial charge in [0.25, 0.3) is 0 Å². The van der Waals surface area contributed by atoms with Crippen LogP contribution in [0.1, 0.15) is 20.8 Å². The maximum atomic E-state index is 9.82. The first-order chi connectivity index (χ1) is 3.42. The van der Waals surface area contributed by atoms with Crippen molar-refractivity contribution >= 4 is 0 Å². The molecule has 0 atom stereocenters. The maximum Gasteiger partial charge on any atom is 0.208 e. The minimum atomic E-state index is -0.292. The second-order valence-electron chi connectivity index (χ2n) is 3.05. The molecule has 0 saturated carbocycles. The molecule has 0 aliphatic heterocycles. The third-order valence-electron chi connectivity index (χ3n) is 0.603. The summed E-state index contributed by atoms with van der Waals surface area (Å²) in [7, 11) is 0. The van der Waals surface area contributed by atoms with Crippen LogP contribution in [0.15, 0.2) is 0 Å². The van der Waals surface area contributed by atoms with Crippen molar-refractivity contribution in [3.05, 3.63) is 10.1 Å². The van der Waals surface area contributed by atoms with Crippen molar-refractivity contribution < 1.29 is 4.92 Å².